The molecule has 1 heterocycles. The molecule has 1 unspecified atom stereocenters. The van der Waals surface area contributed by atoms with Gasteiger partial charge in [0.25, 0.3) is 0 Å². The molecule has 0 aromatic heterocycles. The maximum absolute atomic E-state index is 6.39. The van der Waals surface area contributed by atoms with Crippen molar-refractivity contribution in [2.24, 2.45) is 0 Å². The van der Waals surface area contributed by atoms with Gasteiger partial charge in [-0.1, -0.05) is 48.5 Å². The summed E-state index contributed by atoms with van der Waals surface area (Å²) in [4.78, 5) is 2.67. The molecule has 21 heavy (non-hydrogen) atoms. The molecule has 1 aromatic carbocycles. The van der Waals surface area contributed by atoms with Gasteiger partial charge in [0.1, 0.15) is 0 Å². The minimum Gasteiger partial charge on any atom is -0.311 e. The fourth-order valence-corrected chi connectivity index (χ4v) is 4.32. The van der Waals surface area contributed by atoms with Gasteiger partial charge in [-0.15, -0.1) is 0 Å². The second-order valence-electron chi connectivity index (χ2n) is 6.68. The van der Waals surface area contributed by atoms with Gasteiger partial charge in [-0.05, 0) is 37.5 Å². The number of nitrogens with one attached hydrogen (secondary N) is 1. The minimum absolute atomic E-state index is 0.327. The standard InChI is InChI=1S/C17H24Cl2N2/c1-13-10-21(11-14-5-6-15(18)9-16(14)19)17(12-20-13)7-3-2-4-8-17/h5-6,9,13,20H,2-4,7-8,10-12H2,1H3. The van der Waals surface area contributed by atoms with Crippen molar-refractivity contribution < 1.29 is 0 Å². The van der Waals surface area contributed by atoms with E-state index >= 15 is 0 Å². The summed E-state index contributed by atoms with van der Waals surface area (Å²) < 4.78 is 0. The number of nitrogens with zero attached hydrogens (tertiary/aromatic N) is 1. The maximum atomic E-state index is 6.39. The molecule has 4 heteroatoms. The number of halogens is 2. The minimum atomic E-state index is 0.327. The lowest BCUT2D eigenvalue weighted by atomic mass is 9.78. The van der Waals surface area contributed by atoms with Crippen LogP contribution in [0.5, 0.6) is 0 Å². The summed E-state index contributed by atoms with van der Waals surface area (Å²) in [5.41, 5.74) is 1.52. The molecule has 116 valence electrons. The van der Waals surface area contributed by atoms with Crippen molar-refractivity contribution in [1.82, 2.24) is 10.2 Å². The van der Waals surface area contributed by atoms with Gasteiger partial charge in [-0.3, -0.25) is 4.90 Å². The molecule has 1 N–H and O–H groups in total. The summed E-state index contributed by atoms with van der Waals surface area (Å²) in [5.74, 6) is 0. The van der Waals surface area contributed by atoms with E-state index in [4.69, 9.17) is 23.2 Å². The summed E-state index contributed by atoms with van der Waals surface area (Å²) in [6.07, 6.45) is 6.69. The van der Waals surface area contributed by atoms with Gasteiger partial charge in [0.15, 0.2) is 0 Å². The van der Waals surface area contributed by atoms with Crippen LogP contribution in [0.1, 0.15) is 44.6 Å². The quantitative estimate of drug-likeness (QED) is 0.861. The van der Waals surface area contributed by atoms with Crippen molar-refractivity contribution in [1.29, 1.82) is 0 Å². The molecule has 0 bridgehead atoms. The lowest BCUT2D eigenvalue weighted by Crippen LogP contribution is -2.64. The van der Waals surface area contributed by atoms with Crippen LogP contribution in [0.15, 0.2) is 18.2 Å². The summed E-state index contributed by atoms with van der Waals surface area (Å²) in [6.45, 7) is 5.41. The summed E-state index contributed by atoms with van der Waals surface area (Å²) in [6, 6.07) is 6.43. The zero-order chi connectivity index (χ0) is 14.9. The third-order valence-corrected chi connectivity index (χ3v) is 5.69. The molecular formula is C17H24Cl2N2. The normalized spacial score (nSPS) is 26.1. The summed E-state index contributed by atoms with van der Waals surface area (Å²) in [5, 5.41) is 5.19. The highest BCUT2D eigenvalue weighted by molar-refractivity contribution is 6.35. The van der Waals surface area contributed by atoms with Crippen LogP contribution >= 0.6 is 23.2 Å². The molecule has 2 fully saturated rings. The van der Waals surface area contributed by atoms with Gasteiger partial charge >= 0.3 is 0 Å². The molecule has 3 rings (SSSR count). The lowest BCUT2D eigenvalue weighted by molar-refractivity contribution is 0.00620. The van der Waals surface area contributed by atoms with E-state index in [0.717, 1.165) is 24.7 Å². The SMILES string of the molecule is CC1CN(Cc2ccc(Cl)cc2Cl)C2(CCCCC2)CN1. The number of piperazine rings is 1. The smallest absolute Gasteiger partial charge is 0.0465 e. The number of benzene rings is 1. The van der Waals surface area contributed by atoms with Gasteiger partial charge in [-0.2, -0.15) is 0 Å². The van der Waals surface area contributed by atoms with Crippen LogP contribution < -0.4 is 5.32 Å². The topological polar surface area (TPSA) is 15.3 Å². The average Bonchev–Trinajstić information content (AvgIpc) is 2.47. The van der Waals surface area contributed by atoms with Crippen LogP contribution in [0, 0.1) is 0 Å². The third-order valence-electron chi connectivity index (χ3n) is 5.11. The van der Waals surface area contributed by atoms with E-state index in [0.29, 0.717) is 16.6 Å². The zero-order valence-corrected chi connectivity index (χ0v) is 14.2. The Balaban J connectivity index is 1.82. The van der Waals surface area contributed by atoms with Crippen LogP contribution in [0.25, 0.3) is 0 Å². The Hall–Kier alpha value is -0.280. The molecule has 1 aromatic rings. The first-order valence-electron chi connectivity index (χ1n) is 8.01. The molecule has 2 aliphatic rings. The number of hydrogen-bond acceptors (Lipinski definition) is 2. The highest BCUT2D eigenvalue weighted by Crippen LogP contribution is 2.37. The van der Waals surface area contributed by atoms with Crippen molar-refractivity contribution >= 4 is 23.2 Å². The molecule has 1 aliphatic carbocycles. The molecule has 1 atom stereocenters. The first kappa shape index (κ1) is 15.6. The van der Waals surface area contributed by atoms with E-state index < -0.39 is 0 Å². The van der Waals surface area contributed by atoms with E-state index in [1.165, 1.54) is 37.7 Å². The summed E-state index contributed by atoms with van der Waals surface area (Å²) in [7, 11) is 0. The number of rotatable bonds is 2. The van der Waals surface area contributed by atoms with E-state index in [-0.39, 0.29) is 0 Å². The van der Waals surface area contributed by atoms with Crippen LogP contribution in [0.2, 0.25) is 10.0 Å². The van der Waals surface area contributed by atoms with Crippen LogP contribution in [0.3, 0.4) is 0 Å². The van der Waals surface area contributed by atoms with E-state index in [2.05, 4.69) is 23.2 Å². The van der Waals surface area contributed by atoms with Crippen molar-refractivity contribution in [3.63, 3.8) is 0 Å². The largest absolute Gasteiger partial charge is 0.311 e. The van der Waals surface area contributed by atoms with Crippen molar-refractivity contribution in [2.45, 2.75) is 57.2 Å². The first-order valence-corrected chi connectivity index (χ1v) is 8.77. The molecule has 1 saturated heterocycles. The molecule has 1 saturated carbocycles. The highest BCUT2D eigenvalue weighted by Gasteiger charge is 2.41. The Morgan fingerprint density at radius 1 is 1.24 bits per heavy atom. The predicted molar refractivity (Wildman–Crippen MR) is 90.2 cm³/mol. The van der Waals surface area contributed by atoms with E-state index in [1.807, 2.05) is 12.1 Å². The maximum Gasteiger partial charge on any atom is 0.0465 e. The highest BCUT2D eigenvalue weighted by atomic mass is 35.5. The fourth-order valence-electron chi connectivity index (χ4n) is 3.86. The Morgan fingerprint density at radius 3 is 2.71 bits per heavy atom. The van der Waals surface area contributed by atoms with Gasteiger partial charge in [0, 0.05) is 41.3 Å². The van der Waals surface area contributed by atoms with E-state index in [1.54, 1.807) is 0 Å². The van der Waals surface area contributed by atoms with Crippen LogP contribution in [-0.2, 0) is 6.54 Å². The van der Waals surface area contributed by atoms with Crippen molar-refractivity contribution in [3.8, 4) is 0 Å². The van der Waals surface area contributed by atoms with Gasteiger partial charge in [0.05, 0.1) is 0 Å². The van der Waals surface area contributed by atoms with Gasteiger partial charge in [-0.25, -0.2) is 0 Å². The van der Waals surface area contributed by atoms with Crippen LogP contribution in [0.4, 0.5) is 0 Å². The summed E-state index contributed by atoms with van der Waals surface area (Å²) >= 11 is 12.4. The molecule has 0 amide bonds. The zero-order valence-electron chi connectivity index (χ0n) is 12.7. The first-order chi connectivity index (χ1) is 10.1. The second kappa shape index (κ2) is 6.45. The van der Waals surface area contributed by atoms with Crippen molar-refractivity contribution in [3.05, 3.63) is 33.8 Å². The molecule has 0 radical (unpaired) electrons. The van der Waals surface area contributed by atoms with Crippen LogP contribution in [-0.4, -0.2) is 29.6 Å². The fraction of sp³-hybridized carbons (Fsp3) is 0.647. The molecular weight excluding hydrogens is 303 g/mol. The molecule has 1 aliphatic heterocycles. The Kier molecular flexibility index (Phi) is 4.80. The third kappa shape index (κ3) is 3.39. The van der Waals surface area contributed by atoms with Gasteiger partial charge in [0.2, 0.25) is 0 Å². The number of hydrogen-bond donors (Lipinski definition) is 1. The Labute approximate surface area is 137 Å². The molecule has 2 nitrogen and oxygen atoms in total. The Bertz CT molecular complexity index is 498. The monoisotopic (exact) mass is 326 g/mol. The average molecular weight is 327 g/mol. The lowest BCUT2D eigenvalue weighted by Gasteiger charge is -2.51. The van der Waals surface area contributed by atoms with E-state index in [9.17, 15) is 0 Å². The second-order valence-corrected chi connectivity index (χ2v) is 7.53. The Morgan fingerprint density at radius 2 is 2.00 bits per heavy atom. The molecule has 1 spiro atoms. The predicted octanol–water partition coefficient (Wildman–Crippen LogP) is 4.49. The van der Waals surface area contributed by atoms with Crippen molar-refractivity contribution in [2.75, 3.05) is 13.1 Å². The van der Waals surface area contributed by atoms with Gasteiger partial charge < -0.3 is 5.32 Å².